The van der Waals surface area contributed by atoms with Crippen molar-refractivity contribution in [3.8, 4) is 22.9 Å². The molecule has 3 rings (SSSR count). The summed E-state index contributed by atoms with van der Waals surface area (Å²) in [6, 6.07) is 9.63. The van der Waals surface area contributed by atoms with Crippen molar-refractivity contribution in [2.75, 3.05) is 20.0 Å². The van der Waals surface area contributed by atoms with Gasteiger partial charge in [-0.25, -0.2) is 4.98 Å². The van der Waals surface area contributed by atoms with Crippen LogP contribution in [0.4, 0.5) is 5.69 Å². The van der Waals surface area contributed by atoms with Gasteiger partial charge in [0, 0.05) is 23.4 Å². The standard InChI is InChI=1S/C16H17N3O2/c1-9-4-5-10(6-11(9)17)16-18-12-7-14(20-2)15(21-3)8-13(12)19-16/h4-8H,17H2,1-3H3,(H,18,19). The largest absolute Gasteiger partial charge is 0.493 e. The summed E-state index contributed by atoms with van der Waals surface area (Å²) in [5, 5.41) is 0. The Kier molecular flexibility index (Phi) is 3.17. The van der Waals surface area contributed by atoms with Gasteiger partial charge in [-0.05, 0) is 18.6 Å². The summed E-state index contributed by atoms with van der Waals surface area (Å²) >= 11 is 0. The fraction of sp³-hybridized carbons (Fsp3) is 0.188. The van der Waals surface area contributed by atoms with E-state index in [1.54, 1.807) is 14.2 Å². The molecule has 3 aromatic rings. The molecular weight excluding hydrogens is 266 g/mol. The van der Waals surface area contributed by atoms with Crippen molar-refractivity contribution in [1.29, 1.82) is 0 Å². The second-order valence-corrected chi connectivity index (χ2v) is 4.88. The maximum absolute atomic E-state index is 5.96. The van der Waals surface area contributed by atoms with Gasteiger partial charge in [-0.3, -0.25) is 0 Å². The lowest BCUT2D eigenvalue weighted by Gasteiger charge is -2.06. The van der Waals surface area contributed by atoms with Gasteiger partial charge in [-0.1, -0.05) is 12.1 Å². The molecule has 1 heterocycles. The van der Waals surface area contributed by atoms with Gasteiger partial charge in [0.25, 0.3) is 0 Å². The third-order valence-electron chi connectivity index (χ3n) is 3.54. The van der Waals surface area contributed by atoms with Crippen LogP contribution in [0.3, 0.4) is 0 Å². The van der Waals surface area contributed by atoms with Gasteiger partial charge in [0.1, 0.15) is 5.82 Å². The number of fused-ring (bicyclic) bond motifs is 1. The quantitative estimate of drug-likeness (QED) is 0.724. The Morgan fingerprint density at radius 1 is 1.05 bits per heavy atom. The highest BCUT2D eigenvalue weighted by Crippen LogP contribution is 2.32. The number of methoxy groups -OCH3 is 2. The monoisotopic (exact) mass is 283 g/mol. The molecule has 21 heavy (non-hydrogen) atoms. The van der Waals surface area contributed by atoms with E-state index in [4.69, 9.17) is 15.2 Å². The summed E-state index contributed by atoms with van der Waals surface area (Å²) in [6.45, 7) is 1.98. The number of nitrogen functional groups attached to an aromatic ring is 1. The van der Waals surface area contributed by atoms with Crippen molar-refractivity contribution in [2.45, 2.75) is 6.92 Å². The number of ether oxygens (including phenoxy) is 2. The molecular formula is C16H17N3O2. The number of hydrogen-bond acceptors (Lipinski definition) is 4. The lowest BCUT2D eigenvalue weighted by molar-refractivity contribution is 0.356. The zero-order valence-electron chi connectivity index (χ0n) is 12.2. The highest BCUT2D eigenvalue weighted by molar-refractivity contribution is 5.83. The molecule has 0 saturated heterocycles. The number of nitrogens with one attached hydrogen (secondary N) is 1. The number of aromatic nitrogens is 2. The molecule has 0 bridgehead atoms. The topological polar surface area (TPSA) is 73.2 Å². The van der Waals surface area contributed by atoms with E-state index in [1.165, 1.54) is 0 Å². The summed E-state index contributed by atoms with van der Waals surface area (Å²) in [6.07, 6.45) is 0. The number of nitrogens with zero attached hydrogens (tertiary/aromatic N) is 1. The molecule has 5 nitrogen and oxygen atoms in total. The Morgan fingerprint density at radius 3 is 2.43 bits per heavy atom. The van der Waals surface area contributed by atoms with Gasteiger partial charge in [0.2, 0.25) is 0 Å². The number of rotatable bonds is 3. The van der Waals surface area contributed by atoms with Crippen LogP contribution in [0.2, 0.25) is 0 Å². The van der Waals surface area contributed by atoms with Gasteiger partial charge in [0.15, 0.2) is 11.5 Å². The Morgan fingerprint density at radius 2 is 1.76 bits per heavy atom. The van der Waals surface area contributed by atoms with Crippen molar-refractivity contribution in [2.24, 2.45) is 0 Å². The van der Waals surface area contributed by atoms with Crippen LogP contribution in [0.5, 0.6) is 11.5 Å². The molecule has 0 amide bonds. The molecule has 0 aliphatic heterocycles. The van der Waals surface area contributed by atoms with Crippen molar-refractivity contribution in [1.82, 2.24) is 9.97 Å². The summed E-state index contributed by atoms with van der Waals surface area (Å²) in [7, 11) is 3.22. The zero-order valence-corrected chi connectivity index (χ0v) is 12.2. The number of imidazole rings is 1. The molecule has 0 fully saturated rings. The lowest BCUT2D eigenvalue weighted by atomic mass is 10.1. The van der Waals surface area contributed by atoms with Crippen LogP contribution >= 0.6 is 0 Å². The third kappa shape index (κ3) is 2.27. The molecule has 0 spiro atoms. The van der Waals surface area contributed by atoms with E-state index in [1.807, 2.05) is 37.3 Å². The average molecular weight is 283 g/mol. The maximum atomic E-state index is 5.96. The second kappa shape index (κ2) is 5.01. The first kappa shape index (κ1) is 13.3. The average Bonchev–Trinajstić information content (AvgIpc) is 2.91. The molecule has 2 aromatic carbocycles. The van der Waals surface area contributed by atoms with Crippen LogP contribution in [0.15, 0.2) is 30.3 Å². The minimum Gasteiger partial charge on any atom is -0.493 e. The summed E-state index contributed by atoms with van der Waals surface area (Å²) < 4.78 is 10.6. The number of aromatic amines is 1. The Labute approximate surface area is 122 Å². The number of aryl methyl sites for hydroxylation is 1. The minimum atomic E-state index is 0.659. The molecule has 1 aromatic heterocycles. The van der Waals surface area contributed by atoms with Crippen molar-refractivity contribution < 1.29 is 9.47 Å². The number of nitrogens with two attached hydrogens (primary N) is 1. The van der Waals surface area contributed by atoms with Gasteiger partial charge < -0.3 is 20.2 Å². The number of benzene rings is 2. The van der Waals surface area contributed by atoms with Crippen LogP contribution < -0.4 is 15.2 Å². The predicted molar refractivity (Wildman–Crippen MR) is 83.8 cm³/mol. The second-order valence-electron chi connectivity index (χ2n) is 4.88. The first-order valence-electron chi connectivity index (χ1n) is 6.60. The molecule has 0 aliphatic rings. The highest BCUT2D eigenvalue weighted by atomic mass is 16.5. The molecule has 0 radical (unpaired) electrons. The molecule has 0 atom stereocenters. The molecule has 5 heteroatoms. The van der Waals surface area contributed by atoms with Crippen molar-refractivity contribution in [3.05, 3.63) is 35.9 Å². The maximum Gasteiger partial charge on any atom is 0.163 e. The third-order valence-corrected chi connectivity index (χ3v) is 3.54. The van der Waals surface area contributed by atoms with Crippen LogP contribution in [-0.2, 0) is 0 Å². The van der Waals surface area contributed by atoms with Crippen LogP contribution in [0, 0.1) is 6.92 Å². The molecule has 0 unspecified atom stereocenters. The fourth-order valence-electron chi connectivity index (χ4n) is 2.26. The molecule has 0 aliphatic carbocycles. The predicted octanol–water partition coefficient (Wildman–Crippen LogP) is 3.14. The van der Waals surface area contributed by atoms with Crippen LogP contribution in [-0.4, -0.2) is 24.2 Å². The normalized spacial score (nSPS) is 10.8. The molecule has 3 N–H and O–H groups in total. The smallest absolute Gasteiger partial charge is 0.163 e. The summed E-state index contributed by atoms with van der Waals surface area (Å²) in [5.41, 5.74) is 10.4. The Balaban J connectivity index is 2.14. The first-order valence-corrected chi connectivity index (χ1v) is 6.60. The van der Waals surface area contributed by atoms with E-state index in [0.717, 1.165) is 33.7 Å². The first-order chi connectivity index (χ1) is 10.1. The van der Waals surface area contributed by atoms with E-state index in [-0.39, 0.29) is 0 Å². The minimum absolute atomic E-state index is 0.659. The van der Waals surface area contributed by atoms with E-state index < -0.39 is 0 Å². The van der Waals surface area contributed by atoms with Gasteiger partial charge in [0.05, 0.1) is 25.3 Å². The van der Waals surface area contributed by atoms with Crippen molar-refractivity contribution >= 4 is 16.7 Å². The Bertz CT molecular complexity index is 768. The number of H-pyrrole nitrogens is 1. The van der Waals surface area contributed by atoms with Gasteiger partial charge in [-0.15, -0.1) is 0 Å². The van der Waals surface area contributed by atoms with Crippen molar-refractivity contribution in [3.63, 3.8) is 0 Å². The lowest BCUT2D eigenvalue weighted by Crippen LogP contribution is -1.90. The Hall–Kier alpha value is -2.69. The van der Waals surface area contributed by atoms with Gasteiger partial charge in [-0.2, -0.15) is 0 Å². The van der Waals surface area contributed by atoms with Crippen LogP contribution in [0.25, 0.3) is 22.4 Å². The number of hydrogen-bond donors (Lipinski definition) is 2. The van der Waals surface area contributed by atoms with Crippen LogP contribution in [0.1, 0.15) is 5.56 Å². The number of anilines is 1. The highest BCUT2D eigenvalue weighted by Gasteiger charge is 2.11. The molecule has 0 saturated carbocycles. The SMILES string of the molecule is COc1cc2nc(-c3ccc(C)c(N)c3)[nH]c2cc1OC. The van der Waals surface area contributed by atoms with E-state index in [0.29, 0.717) is 11.5 Å². The fourth-order valence-corrected chi connectivity index (χ4v) is 2.26. The van der Waals surface area contributed by atoms with E-state index >= 15 is 0 Å². The summed E-state index contributed by atoms with van der Waals surface area (Å²) in [5.74, 6) is 2.10. The molecule has 108 valence electrons. The van der Waals surface area contributed by atoms with Gasteiger partial charge >= 0.3 is 0 Å². The van der Waals surface area contributed by atoms with E-state index in [2.05, 4.69) is 9.97 Å². The van der Waals surface area contributed by atoms with E-state index in [9.17, 15) is 0 Å². The zero-order chi connectivity index (χ0) is 15.0. The summed E-state index contributed by atoms with van der Waals surface area (Å²) in [4.78, 5) is 7.87.